The third-order valence-corrected chi connectivity index (χ3v) is 6.09. The van der Waals surface area contributed by atoms with E-state index in [0.29, 0.717) is 5.02 Å². The Bertz CT molecular complexity index is 1280. The summed E-state index contributed by atoms with van der Waals surface area (Å²) in [5.74, 6) is 0. The molecule has 0 aliphatic carbocycles. The van der Waals surface area contributed by atoms with Gasteiger partial charge < -0.3 is 10.2 Å². The van der Waals surface area contributed by atoms with Gasteiger partial charge in [-0.25, -0.2) is 0 Å². The van der Waals surface area contributed by atoms with E-state index in [1.165, 1.54) is 10.1 Å². The van der Waals surface area contributed by atoms with Crippen LogP contribution < -0.4 is 10.2 Å². The topological polar surface area (TPSA) is 15.3 Å². The number of hydrogen-bond donors (Lipinski definition) is 1. The Morgan fingerprint density at radius 2 is 1.37 bits per heavy atom. The quantitative estimate of drug-likeness (QED) is 0.302. The van der Waals surface area contributed by atoms with Gasteiger partial charge in [-0.1, -0.05) is 66.2 Å². The van der Waals surface area contributed by atoms with E-state index in [2.05, 4.69) is 70.2 Å². The molecule has 0 bridgehead atoms. The number of thiophene rings is 1. The lowest BCUT2D eigenvalue weighted by Gasteiger charge is -2.25. The van der Waals surface area contributed by atoms with E-state index in [9.17, 15) is 0 Å². The van der Waals surface area contributed by atoms with Gasteiger partial charge in [0.05, 0.1) is 5.69 Å². The van der Waals surface area contributed by atoms with E-state index in [1.807, 2.05) is 48.5 Å². The first-order valence-corrected chi connectivity index (χ1v) is 11.0. The van der Waals surface area contributed by atoms with Crippen molar-refractivity contribution in [3.63, 3.8) is 0 Å². The SMILES string of the molecule is Clc1cc(Nc2ccccc2)cc(N(c2ccccc2)c2csc3ccccc23)c1. The minimum atomic E-state index is 0.686. The lowest BCUT2D eigenvalue weighted by Crippen LogP contribution is -2.09. The van der Waals surface area contributed by atoms with Gasteiger partial charge in [-0.3, -0.25) is 0 Å². The molecule has 5 rings (SSSR count). The van der Waals surface area contributed by atoms with Crippen LogP contribution in [0.2, 0.25) is 5.02 Å². The highest BCUT2D eigenvalue weighted by molar-refractivity contribution is 7.17. The van der Waals surface area contributed by atoms with E-state index >= 15 is 0 Å². The third-order valence-electron chi connectivity index (χ3n) is 4.92. The summed E-state index contributed by atoms with van der Waals surface area (Å²) in [6.45, 7) is 0. The number of halogens is 1. The second-order valence-corrected chi connectivity index (χ2v) is 8.32. The molecule has 0 radical (unpaired) electrons. The second-order valence-electron chi connectivity index (χ2n) is 6.98. The van der Waals surface area contributed by atoms with Crippen molar-refractivity contribution in [1.29, 1.82) is 0 Å². The first-order chi connectivity index (χ1) is 14.8. The largest absolute Gasteiger partial charge is 0.355 e. The first kappa shape index (κ1) is 18.7. The zero-order valence-corrected chi connectivity index (χ0v) is 17.7. The minimum Gasteiger partial charge on any atom is -0.355 e. The molecule has 4 heteroatoms. The minimum absolute atomic E-state index is 0.686. The van der Waals surface area contributed by atoms with Crippen molar-refractivity contribution in [1.82, 2.24) is 0 Å². The Morgan fingerprint density at radius 1 is 0.667 bits per heavy atom. The highest BCUT2D eigenvalue weighted by Gasteiger charge is 2.17. The lowest BCUT2D eigenvalue weighted by atomic mass is 10.1. The van der Waals surface area contributed by atoms with Crippen molar-refractivity contribution < 1.29 is 0 Å². The molecule has 0 spiro atoms. The van der Waals surface area contributed by atoms with Gasteiger partial charge >= 0.3 is 0 Å². The Labute approximate surface area is 185 Å². The Morgan fingerprint density at radius 3 is 2.17 bits per heavy atom. The highest BCUT2D eigenvalue weighted by atomic mass is 35.5. The molecule has 2 nitrogen and oxygen atoms in total. The standard InChI is InChI=1S/C26H19ClN2S/c27-19-15-21(28-20-9-3-1-4-10-20)17-23(16-19)29(22-11-5-2-6-12-22)25-18-30-26-14-8-7-13-24(25)26/h1-18,28H. The van der Waals surface area contributed by atoms with E-state index in [4.69, 9.17) is 11.6 Å². The molecule has 0 aliphatic heterocycles. The molecule has 4 aromatic carbocycles. The van der Waals surface area contributed by atoms with Crippen LogP contribution in [0.1, 0.15) is 0 Å². The third kappa shape index (κ3) is 3.78. The van der Waals surface area contributed by atoms with Gasteiger partial charge in [0.25, 0.3) is 0 Å². The monoisotopic (exact) mass is 426 g/mol. The molecule has 0 fully saturated rings. The molecule has 1 N–H and O–H groups in total. The van der Waals surface area contributed by atoms with Gasteiger partial charge in [0.15, 0.2) is 0 Å². The summed E-state index contributed by atoms with van der Waals surface area (Å²) in [6.07, 6.45) is 0. The highest BCUT2D eigenvalue weighted by Crippen LogP contribution is 2.43. The molecular formula is C26H19ClN2S. The number of para-hydroxylation sites is 2. The van der Waals surface area contributed by atoms with Crippen LogP contribution in [0.25, 0.3) is 10.1 Å². The van der Waals surface area contributed by atoms with Crippen LogP contribution in [0.15, 0.2) is 109 Å². The van der Waals surface area contributed by atoms with E-state index < -0.39 is 0 Å². The fourth-order valence-corrected chi connectivity index (χ4v) is 4.76. The van der Waals surface area contributed by atoms with Crippen LogP contribution in [0.4, 0.5) is 28.4 Å². The van der Waals surface area contributed by atoms with Crippen LogP contribution in [0.3, 0.4) is 0 Å². The molecule has 0 saturated heterocycles. The second kappa shape index (κ2) is 8.23. The number of hydrogen-bond acceptors (Lipinski definition) is 3. The Hall–Kier alpha value is -3.27. The predicted molar refractivity (Wildman–Crippen MR) is 131 cm³/mol. The number of fused-ring (bicyclic) bond motifs is 1. The molecule has 1 aromatic heterocycles. The van der Waals surface area contributed by atoms with Crippen molar-refractivity contribution >= 4 is 61.5 Å². The summed E-state index contributed by atoms with van der Waals surface area (Å²) in [4.78, 5) is 2.26. The normalized spacial score (nSPS) is 10.8. The van der Waals surface area contributed by atoms with E-state index in [-0.39, 0.29) is 0 Å². The van der Waals surface area contributed by atoms with Crippen LogP contribution in [-0.4, -0.2) is 0 Å². The van der Waals surface area contributed by atoms with Crippen LogP contribution in [0, 0.1) is 0 Å². The van der Waals surface area contributed by atoms with Crippen molar-refractivity contribution in [2.75, 3.05) is 10.2 Å². The van der Waals surface area contributed by atoms with Gasteiger partial charge in [-0.2, -0.15) is 0 Å². The molecule has 1 heterocycles. The molecule has 0 aliphatic rings. The summed E-state index contributed by atoms with van der Waals surface area (Å²) >= 11 is 8.32. The summed E-state index contributed by atoms with van der Waals surface area (Å²) in [5.41, 5.74) is 5.22. The molecule has 0 unspecified atom stereocenters. The average Bonchev–Trinajstić information content (AvgIpc) is 3.19. The predicted octanol–water partition coefficient (Wildman–Crippen LogP) is 8.77. The summed E-state index contributed by atoms with van der Waals surface area (Å²) in [5, 5.41) is 7.59. The maximum Gasteiger partial charge on any atom is 0.0647 e. The molecule has 30 heavy (non-hydrogen) atoms. The van der Waals surface area contributed by atoms with Gasteiger partial charge in [-0.15, -0.1) is 11.3 Å². The number of nitrogens with zero attached hydrogens (tertiary/aromatic N) is 1. The van der Waals surface area contributed by atoms with Crippen LogP contribution >= 0.6 is 22.9 Å². The summed E-state index contributed by atoms with van der Waals surface area (Å²) in [7, 11) is 0. The Kier molecular flexibility index (Phi) is 5.14. The van der Waals surface area contributed by atoms with Gasteiger partial charge in [0.1, 0.15) is 0 Å². The number of nitrogens with one attached hydrogen (secondary N) is 1. The molecular weight excluding hydrogens is 408 g/mol. The fraction of sp³-hybridized carbons (Fsp3) is 0. The smallest absolute Gasteiger partial charge is 0.0647 e. The number of rotatable bonds is 5. The zero-order valence-electron chi connectivity index (χ0n) is 16.1. The van der Waals surface area contributed by atoms with E-state index in [0.717, 1.165) is 28.4 Å². The van der Waals surface area contributed by atoms with E-state index in [1.54, 1.807) is 11.3 Å². The molecule has 146 valence electrons. The molecule has 0 atom stereocenters. The average molecular weight is 427 g/mol. The van der Waals surface area contributed by atoms with Gasteiger partial charge in [0, 0.05) is 43.2 Å². The van der Waals surface area contributed by atoms with Crippen LogP contribution in [0.5, 0.6) is 0 Å². The number of benzene rings is 4. The molecule has 5 aromatic rings. The molecule has 0 amide bonds. The summed E-state index contributed by atoms with van der Waals surface area (Å²) < 4.78 is 1.26. The first-order valence-electron chi connectivity index (χ1n) is 9.72. The van der Waals surface area contributed by atoms with Crippen molar-refractivity contribution in [2.45, 2.75) is 0 Å². The maximum absolute atomic E-state index is 6.56. The Balaban J connectivity index is 1.65. The summed E-state index contributed by atoms with van der Waals surface area (Å²) in [6, 6.07) is 35.1. The van der Waals surface area contributed by atoms with Crippen molar-refractivity contribution in [3.8, 4) is 0 Å². The van der Waals surface area contributed by atoms with Crippen LogP contribution in [-0.2, 0) is 0 Å². The molecule has 0 saturated carbocycles. The van der Waals surface area contributed by atoms with Crippen molar-refractivity contribution in [3.05, 3.63) is 114 Å². The lowest BCUT2D eigenvalue weighted by molar-refractivity contribution is 1.30. The van der Waals surface area contributed by atoms with Gasteiger partial charge in [-0.05, 0) is 48.5 Å². The zero-order chi connectivity index (χ0) is 20.3. The number of anilines is 5. The fourth-order valence-electron chi connectivity index (χ4n) is 3.60. The van der Waals surface area contributed by atoms with Crippen molar-refractivity contribution in [2.24, 2.45) is 0 Å². The van der Waals surface area contributed by atoms with Gasteiger partial charge in [0.2, 0.25) is 0 Å². The maximum atomic E-state index is 6.56.